The molecule has 13 heteroatoms. The van der Waals surface area contributed by atoms with Crippen LogP contribution in [-0.2, 0) is 10.0 Å². The number of amides is 2. The molecular weight excluding hydrogens is 471 g/mol. The SMILES string of the molecule is COc1ccc([N+](=O)[O-])cc1NS(=O)(=O)c1cccc(C(=O)NNC(=O)c2ccccc2F)c1. The third kappa shape index (κ3) is 5.45. The third-order valence-electron chi connectivity index (χ3n) is 4.45. The van der Waals surface area contributed by atoms with Crippen molar-refractivity contribution in [3.05, 3.63) is 93.8 Å². The summed E-state index contributed by atoms with van der Waals surface area (Å²) in [6.07, 6.45) is 0. The summed E-state index contributed by atoms with van der Waals surface area (Å²) in [4.78, 5) is 34.4. The lowest BCUT2D eigenvalue weighted by molar-refractivity contribution is -0.384. The first-order valence-corrected chi connectivity index (χ1v) is 10.9. The Kier molecular flexibility index (Phi) is 7.06. The van der Waals surface area contributed by atoms with Crippen LogP contribution in [0.2, 0.25) is 0 Å². The fourth-order valence-electron chi connectivity index (χ4n) is 2.80. The van der Waals surface area contributed by atoms with Gasteiger partial charge in [0.05, 0.1) is 28.2 Å². The van der Waals surface area contributed by atoms with Gasteiger partial charge in [-0.1, -0.05) is 18.2 Å². The topological polar surface area (TPSA) is 157 Å². The lowest BCUT2D eigenvalue weighted by atomic mass is 10.2. The predicted octanol–water partition coefficient (Wildman–Crippen LogP) is 2.62. The fourth-order valence-corrected chi connectivity index (χ4v) is 3.90. The summed E-state index contributed by atoms with van der Waals surface area (Å²) < 4.78 is 46.6. The highest BCUT2D eigenvalue weighted by Gasteiger charge is 2.21. The number of non-ortho nitro benzene ring substituents is 1. The summed E-state index contributed by atoms with van der Waals surface area (Å²) in [5, 5.41) is 11.0. The van der Waals surface area contributed by atoms with E-state index in [1.54, 1.807) is 0 Å². The highest BCUT2D eigenvalue weighted by molar-refractivity contribution is 7.92. The maximum atomic E-state index is 13.7. The largest absolute Gasteiger partial charge is 0.495 e. The monoisotopic (exact) mass is 488 g/mol. The van der Waals surface area contributed by atoms with Crippen molar-refractivity contribution < 1.29 is 32.1 Å². The molecule has 0 aliphatic carbocycles. The highest BCUT2D eigenvalue weighted by Crippen LogP contribution is 2.31. The number of hydrogen-bond acceptors (Lipinski definition) is 7. The molecule has 11 nitrogen and oxygen atoms in total. The molecule has 34 heavy (non-hydrogen) atoms. The minimum absolute atomic E-state index is 0.0407. The van der Waals surface area contributed by atoms with Gasteiger partial charge in [0.2, 0.25) is 0 Å². The summed E-state index contributed by atoms with van der Waals surface area (Å²) in [6.45, 7) is 0. The first kappa shape index (κ1) is 24.1. The number of hydrogen-bond donors (Lipinski definition) is 3. The predicted molar refractivity (Wildman–Crippen MR) is 118 cm³/mol. The number of sulfonamides is 1. The molecular formula is C21H17FN4O7S. The van der Waals surface area contributed by atoms with Crippen LogP contribution in [-0.4, -0.2) is 32.3 Å². The number of nitrogens with zero attached hydrogens (tertiary/aromatic N) is 1. The molecule has 0 aliphatic heterocycles. The Bertz CT molecular complexity index is 1380. The van der Waals surface area contributed by atoms with Crippen LogP contribution in [0.5, 0.6) is 5.75 Å². The molecule has 2 amide bonds. The van der Waals surface area contributed by atoms with Crippen LogP contribution in [0.1, 0.15) is 20.7 Å². The van der Waals surface area contributed by atoms with Crippen molar-refractivity contribution in [2.75, 3.05) is 11.8 Å². The molecule has 0 aromatic heterocycles. The maximum absolute atomic E-state index is 13.7. The van der Waals surface area contributed by atoms with Crippen LogP contribution >= 0.6 is 0 Å². The summed E-state index contributed by atoms with van der Waals surface area (Å²) in [7, 11) is -3.03. The zero-order valence-electron chi connectivity index (χ0n) is 17.4. The minimum Gasteiger partial charge on any atom is -0.495 e. The van der Waals surface area contributed by atoms with Gasteiger partial charge in [0.15, 0.2) is 0 Å². The minimum atomic E-state index is -4.29. The summed E-state index contributed by atoms with van der Waals surface area (Å²) >= 11 is 0. The Balaban J connectivity index is 1.78. The van der Waals surface area contributed by atoms with Gasteiger partial charge in [0, 0.05) is 17.7 Å². The molecule has 0 spiro atoms. The quantitative estimate of drug-likeness (QED) is 0.341. The van der Waals surface area contributed by atoms with Crippen LogP contribution < -0.4 is 20.3 Å². The van der Waals surface area contributed by atoms with Crippen LogP contribution in [0, 0.1) is 15.9 Å². The fraction of sp³-hybridized carbons (Fsp3) is 0.0476. The van der Waals surface area contributed by atoms with Gasteiger partial charge < -0.3 is 4.74 Å². The van der Waals surface area contributed by atoms with Gasteiger partial charge in [-0.05, 0) is 36.4 Å². The smallest absolute Gasteiger partial charge is 0.272 e. The number of methoxy groups -OCH3 is 1. The van der Waals surface area contributed by atoms with Crippen molar-refractivity contribution in [3.8, 4) is 5.75 Å². The average molecular weight is 488 g/mol. The van der Waals surface area contributed by atoms with E-state index in [4.69, 9.17) is 4.74 Å². The second-order valence-electron chi connectivity index (χ2n) is 6.66. The zero-order chi connectivity index (χ0) is 24.9. The number of nitrogens with one attached hydrogen (secondary N) is 3. The van der Waals surface area contributed by atoms with Crippen LogP contribution in [0.4, 0.5) is 15.8 Å². The van der Waals surface area contributed by atoms with Gasteiger partial charge in [-0.2, -0.15) is 0 Å². The van der Waals surface area contributed by atoms with E-state index in [0.717, 1.165) is 24.3 Å². The second-order valence-corrected chi connectivity index (χ2v) is 8.35. The molecule has 0 radical (unpaired) electrons. The Labute approximate surface area is 192 Å². The molecule has 0 bridgehead atoms. The lowest BCUT2D eigenvalue weighted by Gasteiger charge is -2.13. The number of rotatable bonds is 7. The van der Waals surface area contributed by atoms with Gasteiger partial charge >= 0.3 is 0 Å². The second kappa shape index (κ2) is 9.95. The summed E-state index contributed by atoms with van der Waals surface area (Å²) in [6, 6.07) is 13.3. The molecule has 3 aromatic rings. The Hall–Kier alpha value is -4.52. The van der Waals surface area contributed by atoms with E-state index in [1.807, 2.05) is 5.43 Å². The third-order valence-corrected chi connectivity index (χ3v) is 5.82. The Morgan fingerprint density at radius 1 is 0.971 bits per heavy atom. The number of hydrazine groups is 1. The molecule has 0 atom stereocenters. The van der Waals surface area contributed by atoms with Crippen LogP contribution in [0.15, 0.2) is 71.6 Å². The number of carbonyl (C=O) groups excluding carboxylic acids is 2. The Morgan fingerprint density at radius 2 is 1.68 bits per heavy atom. The van der Waals surface area contributed by atoms with Gasteiger partial charge in [-0.25, -0.2) is 12.8 Å². The van der Waals surface area contributed by atoms with E-state index in [1.165, 1.54) is 49.6 Å². The van der Waals surface area contributed by atoms with E-state index in [-0.39, 0.29) is 33.1 Å². The molecule has 0 fully saturated rings. The van der Waals surface area contributed by atoms with Crippen molar-refractivity contribution in [2.45, 2.75) is 4.90 Å². The summed E-state index contributed by atoms with van der Waals surface area (Å²) in [5.41, 5.74) is 3.15. The van der Waals surface area contributed by atoms with Crippen molar-refractivity contribution in [1.29, 1.82) is 0 Å². The Morgan fingerprint density at radius 3 is 2.35 bits per heavy atom. The normalized spacial score (nSPS) is 10.8. The number of nitro benzene ring substituents is 1. The summed E-state index contributed by atoms with van der Waals surface area (Å²) in [5.74, 6) is -2.52. The van der Waals surface area contributed by atoms with E-state index >= 15 is 0 Å². The van der Waals surface area contributed by atoms with Crippen LogP contribution in [0.3, 0.4) is 0 Å². The molecule has 0 saturated heterocycles. The average Bonchev–Trinajstić information content (AvgIpc) is 2.82. The van der Waals surface area contributed by atoms with Crippen molar-refractivity contribution in [2.24, 2.45) is 0 Å². The maximum Gasteiger partial charge on any atom is 0.272 e. The van der Waals surface area contributed by atoms with E-state index in [0.29, 0.717) is 0 Å². The number of nitro groups is 1. The first-order valence-electron chi connectivity index (χ1n) is 9.43. The number of ether oxygens (including phenoxy) is 1. The van der Waals surface area contributed by atoms with E-state index in [2.05, 4.69) is 10.1 Å². The van der Waals surface area contributed by atoms with Crippen molar-refractivity contribution in [1.82, 2.24) is 10.9 Å². The van der Waals surface area contributed by atoms with E-state index < -0.39 is 32.6 Å². The molecule has 3 rings (SSSR count). The van der Waals surface area contributed by atoms with Crippen LogP contribution in [0.25, 0.3) is 0 Å². The standard InChI is InChI=1S/C21H17FN4O7S/c1-33-19-10-9-14(26(29)30)12-18(19)25-34(31,32)15-6-4-5-13(11-15)20(27)23-24-21(28)16-7-2-3-8-17(16)22/h2-12,25H,1H3,(H,23,27)(H,24,28). The lowest BCUT2D eigenvalue weighted by Crippen LogP contribution is -2.42. The van der Waals surface area contributed by atoms with Gasteiger partial charge in [0.1, 0.15) is 11.6 Å². The van der Waals surface area contributed by atoms with E-state index in [9.17, 15) is 32.5 Å². The molecule has 0 unspecified atom stereocenters. The number of benzene rings is 3. The molecule has 0 heterocycles. The molecule has 0 aliphatic rings. The molecule has 176 valence electrons. The zero-order valence-corrected chi connectivity index (χ0v) is 18.3. The molecule has 3 N–H and O–H groups in total. The number of anilines is 1. The molecule has 0 saturated carbocycles. The van der Waals surface area contributed by atoms with Crippen molar-refractivity contribution in [3.63, 3.8) is 0 Å². The van der Waals surface area contributed by atoms with Gasteiger partial charge in [-0.15, -0.1) is 0 Å². The number of carbonyl (C=O) groups is 2. The highest BCUT2D eigenvalue weighted by atomic mass is 32.2. The van der Waals surface area contributed by atoms with Gasteiger partial charge in [0.25, 0.3) is 27.5 Å². The molecule has 3 aromatic carbocycles. The van der Waals surface area contributed by atoms with Gasteiger partial charge in [-0.3, -0.25) is 35.3 Å². The first-order chi connectivity index (χ1) is 16.1. The van der Waals surface area contributed by atoms with Crippen molar-refractivity contribution >= 4 is 33.2 Å². The number of halogens is 1.